The molecule has 2 heterocycles. The molecule has 0 aromatic heterocycles. The van der Waals surface area contributed by atoms with Gasteiger partial charge in [-0.05, 0) is 18.8 Å². The molecule has 2 fully saturated rings. The quantitative estimate of drug-likeness (QED) is 0.737. The molecule has 0 aliphatic carbocycles. The van der Waals surface area contributed by atoms with Crippen molar-refractivity contribution in [3.8, 4) is 0 Å². The van der Waals surface area contributed by atoms with Crippen molar-refractivity contribution in [2.24, 2.45) is 5.92 Å². The van der Waals surface area contributed by atoms with Crippen LogP contribution >= 0.6 is 0 Å². The van der Waals surface area contributed by atoms with Crippen molar-refractivity contribution in [3.05, 3.63) is 0 Å². The molecule has 0 unspecified atom stereocenters. The minimum atomic E-state index is -0.388. The van der Waals surface area contributed by atoms with E-state index in [-0.39, 0.29) is 29.8 Å². The first-order chi connectivity index (χ1) is 9.54. The fourth-order valence-electron chi connectivity index (χ4n) is 2.73. The Balaban J connectivity index is 1.82. The van der Waals surface area contributed by atoms with Crippen molar-refractivity contribution < 1.29 is 14.4 Å². The number of hydrogen-bond donors (Lipinski definition) is 1. The van der Waals surface area contributed by atoms with Crippen LogP contribution in [0.2, 0.25) is 0 Å². The van der Waals surface area contributed by atoms with Crippen LogP contribution in [0.1, 0.15) is 39.5 Å². The number of amides is 4. The summed E-state index contributed by atoms with van der Waals surface area (Å²) in [4.78, 5) is 38.6. The number of nitrogens with zero attached hydrogens (tertiary/aromatic N) is 2. The first-order valence-electron chi connectivity index (χ1n) is 7.44. The number of nitrogens with one attached hydrogen (secondary N) is 1. The molecule has 0 radical (unpaired) electrons. The number of imide groups is 1. The van der Waals surface area contributed by atoms with E-state index in [0.29, 0.717) is 25.9 Å². The largest absolute Gasteiger partial charge is 0.343 e. The predicted octanol–water partition coefficient (Wildman–Crippen LogP) is 0.965. The zero-order valence-electron chi connectivity index (χ0n) is 12.2. The number of hydrogen-bond acceptors (Lipinski definition) is 3. The molecule has 4 amide bonds. The fourth-order valence-corrected chi connectivity index (χ4v) is 2.73. The van der Waals surface area contributed by atoms with Gasteiger partial charge in [-0.1, -0.05) is 20.3 Å². The van der Waals surface area contributed by atoms with E-state index in [2.05, 4.69) is 5.32 Å². The van der Waals surface area contributed by atoms with Crippen molar-refractivity contribution in [2.45, 2.75) is 45.6 Å². The minimum absolute atomic E-state index is 0.128. The van der Waals surface area contributed by atoms with Crippen LogP contribution in [0.3, 0.4) is 0 Å². The number of likely N-dealkylation sites (tertiary alicyclic amines) is 1. The van der Waals surface area contributed by atoms with E-state index in [0.717, 1.165) is 19.4 Å². The molecule has 2 atom stereocenters. The van der Waals surface area contributed by atoms with Gasteiger partial charge >= 0.3 is 6.03 Å². The minimum Gasteiger partial charge on any atom is -0.343 e. The molecule has 2 aliphatic rings. The number of carbonyl (C=O) groups is 3. The Labute approximate surface area is 119 Å². The lowest BCUT2D eigenvalue weighted by molar-refractivity contribution is -0.128. The van der Waals surface area contributed by atoms with Crippen molar-refractivity contribution in [2.75, 3.05) is 19.6 Å². The molecule has 0 aromatic rings. The normalized spacial score (nSPS) is 24.5. The highest BCUT2D eigenvalue weighted by atomic mass is 16.2. The highest BCUT2D eigenvalue weighted by molar-refractivity contribution is 6.04. The van der Waals surface area contributed by atoms with Gasteiger partial charge in [0.1, 0.15) is 6.04 Å². The molecule has 6 heteroatoms. The summed E-state index contributed by atoms with van der Waals surface area (Å²) in [5, 5.41) is 2.75. The van der Waals surface area contributed by atoms with Gasteiger partial charge in [-0.15, -0.1) is 0 Å². The molecule has 6 nitrogen and oxygen atoms in total. The first-order valence-corrected chi connectivity index (χ1v) is 7.44. The van der Waals surface area contributed by atoms with Gasteiger partial charge in [0.2, 0.25) is 5.91 Å². The molecular weight excluding hydrogens is 258 g/mol. The van der Waals surface area contributed by atoms with Crippen molar-refractivity contribution in [3.63, 3.8) is 0 Å². The summed E-state index contributed by atoms with van der Waals surface area (Å²) in [6.45, 7) is 5.79. The molecule has 0 spiro atoms. The van der Waals surface area contributed by atoms with Crippen molar-refractivity contribution >= 4 is 17.8 Å². The molecule has 2 aliphatic heterocycles. The van der Waals surface area contributed by atoms with Gasteiger partial charge in [-0.3, -0.25) is 14.5 Å². The third-order valence-electron chi connectivity index (χ3n) is 4.25. The average molecular weight is 281 g/mol. The first kappa shape index (κ1) is 14.8. The molecule has 1 N–H and O–H groups in total. The van der Waals surface area contributed by atoms with E-state index in [9.17, 15) is 14.4 Å². The molecule has 0 saturated carbocycles. The van der Waals surface area contributed by atoms with Crippen molar-refractivity contribution in [1.29, 1.82) is 0 Å². The topological polar surface area (TPSA) is 69.7 Å². The van der Waals surface area contributed by atoms with E-state index < -0.39 is 0 Å². The summed E-state index contributed by atoms with van der Waals surface area (Å²) in [7, 11) is 0. The third-order valence-corrected chi connectivity index (χ3v) is 4.25. The fraction of sp³-hybridized carbons (Fsp3) is 0.786. The number of urea groups is 1. The second kappa shape index (κ2) is 6.24. The van der Waals surface area contributed by atoms with Gasteiger partial charge in [0, 0.05) is 26.1 Å². The van der Waals surface area contributed by atoms with Gasteiger partial charge in [-0.2, -0.15) is 0 Å². The molecule has 112 valence electrons. The third kappa shape index (κ3) is 2.94. The maximum atomic E-state index is 12.2. The van der Waals surface area contributed by atoms with Crippen LogP contribution in [-0.4, -0.2) is 53.3 Å². The van der Waals surface area contributed by atoms with Crippen LogP contribution in [0.15, 0.2) is 0 Å². The SMILES string of the molecule is CC[C@H](C)[C@H]1NC(=O)N(CCCN2CCCC2=O)C1=O. The van der Waals surface area contributed by atoms with Gasteiger partial charge in [0.25, 0.3) is 5.91 Å². The maximum absolute atomic E-state index is 12.2. The van der Waals surface area contributed by atoms with Gasteiger partial charge in [0.15, 0.2) is 0 Å². The molecule has 2 saturated heterocycles. The Morgan fingerprint density at radius 3 is 2.65 bits per heavy atom. The second-order valence-electron chi connectivity index (χ2n) is 5.64. The summed E-state index contributed by atoms with van der Waals surface area (Å²) < 4.78 is 0. The Bertz CT molecular complexity index is 410. The standard InChI is InChI=1S/C14H23N3O3/c1-3-10(2)12-13(19)17(14(20)15-12)9-5-8-16-7-4-6-11(16)18/h10,12H,3-9H2,1-2H3,(H,15,20)/t10-,12+/m0/s1. The molecule has 2 rings (SSSR count). The highest BCUT2D eigenvalue weighted by Crippen LogP contribution is 2.17. The van der Waals surface area contributed by atoms with Crippen LogP contribution in [0.5, 0.6) is 0 Å². The summed E-state index contributed by atoms with van der Waals surface area (Å²) in [5.41, 5.74) is 0. The zero-order valence-corrected chi connectivity index (χ0v) is 12.2. The van der Waals surface area contributed by atoms with Crippen LogP contribution in [0, 0.1) is 5.92 Å². The van der Waals surface area contributed by atoms with E-state index in [1.54, 1.807) is 0 Å². The number of rotatable bonds is 6. The Morgan fingerprint density at radius 2 is 2.05 bits per heavy atom. The van der Waals surface area contributed by atoms with Crippen LogP contribution < -0.4 is 5.32 Å². The predicted molar refractivity (Wildman–Crippen MR) is 73.9 cm³/mol. The summed E-state index contributed by atoms with van der Waals surface area (Å²) >= 11 is 0. The van der Waals surface area contributed by atoms with E-state index >= 15 is 0 Å². The maximum Gasteiger partial charge on any atom is 0.324 e. The van der Waals surface area contributed by atoms with E-state index in [1.807, 2.05) is 18.7 Å². The molecule has 0 bridgehead atoms. The summed E-state index contributed by atoms with van der Waals surface area (Å²) in [5.74, 6) is 0.202. The van der Waals surface area contributed by atoms with Crippen LogP contribution in [0.25, 0.3) is 0 Å². The lowest BCUT2D eigenvalue weighted by Gasteiger charge is -2.18. The average Bonchev–Trinajstić information content (AvgIpc) is 2.95. The van der Waals surface area contributed by atoms with E-state index in [1.165, 1.54) is 4.90 Å². The smallest absolute Gasteiger partial charge is 0.324 e. The lowest BCUT2D eigenvalue weighted by Crippen LogP contribution is -2.36. The van der Waals surface area contributed by atoms with Gasteiger partial charge in [0.05, 0.1) is 0 Å². The Kier molecular flexibility index (Phi) is 4.62. The zero-order chi connectivity index (χ0) is 14.7. The van der Waals surface area contributed by atoms with Crippen LogP contribution in [0.4, 0.5) is 4.79 Å². The van der Waals surface area contributed by atoms with Gasteiger partial charge < -0.3 is 10.2 Å². The molecule has 20 heavy (non-hydrogen) atoms. The Hall–Kier alpha value is -1.59. The monoisotopic (exact) mass is 281 g/mol. The Morgan fingerprint density at radius 1 is 1.30 bits per heavy atom. The van der Waals surface area contributed by atoms with Crippen LogP contribution in [-0.2, 0) is 9.59 Å². The summed E-state index contributed by atoms with van der Waals surface area (Å²) in [6.07, 6.45) is 3.04. The molecule has 0 aromatic carbocycles. The number of carbonyl (C=O) groups excluding carboxylic acids is 3. The van der Waals surface area contributed by atoms with Crippen molar-refractivity contribution in [1.82, 2.24) is 15.1 Å². The lowest BCUT2D eigenvalue weighted by atomic mass is 9.99. The van der Waals surface area contributed by atoms with Gasteiger partial charge in [-0.25, -0.2) is 4.79 Å². The second-order valence-corrected chi connectivity index (χ2v) is 5.64. The highest BCUT2D eigenvalue weighted by Gasteiger charge is 2.39. The summed E-state index contributed by atoms with van der Waals surface area (Å²) in [6, 6.07) is -0.686. The van der Waals surface area contributed by atoms with E-state index in [4.69, 9.17) is 0 Å². The molecular formula is C14H23N3O3.